The van der Waals surface area contributed by atoms with Crippen molar-refractivity contribution < 1.29 is 13.0 Å². The Morgan fingerprint density at radius 1 is 1.10 bits per heavy atom. The van der Waals surface area contributed by atoms with Crippen molar-refractivity contribution >= 4 is 37.2 Å². The number of nitrogens with one attached hydrogen (secondary N) is 1. The van der Waals surface area contributed by atoms with Crippen LogP contribution in [0.2, 0.25) is 0 Å². The summed E-state index contributed by atoms with van der Waals surface area (Å²) in [6, 6.07) is 13.1. The van der Waals surface area contributed by atoms with Gasteiger partial charge in [-0.3, -0.25) is 10.4 Å². The van der Waals surface area contributed by atoms with Crippen molar-refractivity contribution in [1.82, 2.24) is 9.91 Å². The van der Waals surface area contributed by atoms with Gasteiger partial charge in [0.05, 0.1) is 4.90 Å². The van der Waals surface area contributed by atoms with Crippen LogP contribution in [-0.4, -0.2) is 62.1 Å². The third-order valence-corrected chi connectivity index (χ3v) is 7.66. The first-order valence-electron chi connectivity index (χ1n) is 10.4. The van der Waals surface area contributed by atoms with Gasteiger partial charge < -0.3 is 10.2 Å². The predicted molar refractivity (Wildman–Crippen MR) is 127 cm³/mol. The quantitative estimate of drug-likeness (QED) is 0.282. The molecule has 7 nitrogen and oxygen atoms in total. The number of hydrazine groups is 1. The standard InChI is InChI=1S/C22H28N4O3S2/c1-16-3-5-18(24-7-2-8-25-9-11-26(23)12-10-25)14-20(16)22-13-17-4-6-19(31(27,28)29)15-21(17)30-22/h3-6,13-15,24H,2,7-12,23H2,1H3,(H,27,28,29). The Kier molecular flexibility index (Phi) is 6.61. The second-order valence-corrected chi connectivity index (χ2v) is 10.5. The second kappa shape index (κ2) is 9.23. The average molecular weight is 461 g/mol. The van der Waals surface area contributed by atoms with Gasteiger partial charge in [-0.15, -0.1) is 11.3 Å². The van der Waals surface area contributed by atoms with E-state index in [2.05, 4.69) is 41.4 Å². The summed E-state index contributed by atoms with van der Waals surface area (Å²) in [5.41, 5.74) is 3.36. The molecule has 0 bridgehead atoms. The van der Waals surface area contributed by atoms with Gasteiger partial charge in [-0.2, -0.15) is 8.42 Å². The van der Waals surface area contributed by atoms with Crippen molar-refractivity contribution in [2.45, 2.75) is 18.2 Å². The SMILES string of the molecule is Cc1ccc(NCCCN2CCN(N)CC2)cc1-c1cc2ccc(S(=O)(=O)O)cc2s1. The highest BCUT2D eigenvalue weighted by atomic mass is 32.2. The number of anilines is 1. The maximum atomic E-state index is 11.4. The van der Waals surface area contributed by atoms with Crippen molar-refractivity contribution in [2.75, 3.05) is 44.6 Å². The molecule has 3 aromatic rings. The van der Waals surface area contributed by atoms with E-state index in [0.717, 1.165) is 77.5 Å². The van der Waals surface area contributed by atoms with Crippen LogP contribution < -0.4 is 11.2 Å². The molecular weight excluding hydrogens is 432 g/mol. The molecule has 0 saturated carbocycles. The summed E-state index contributed by atoms with van der Waals surface area (Å²) < 4.78 is 33.0. The van der Waals surface area contributed by atoms with Crippen LogP contribution in [0.5, 0.6) is 0 Å². The predicted octanol–water partition coefficient (Wildman–Crippen LogP) is 3.42. The zero-order valence-corrected chi connectivity index (χ0v) is 19.2. The third kappa shape index (κ3) is 5.43. The van der Waals surface area contributed by atoms with E-state index in [-0.39, 0.29) is 4.90 Å². The van der Waals surface area contributed by atoms with E-state index in [9.17, 15) is 13.0 Å². The van der Waals surface area contributed by atoms with Crippen LogP contribution in [0, 0.1) is 6.92 Å². The van der Waals surface area contributed by atoms with Crippen molar-refractivity contribution in [3.63, 3.8) is 0 Å². The molecule has 31 heavy (non-hydrogen) atoms. The number of nitrogens with zero attached hydrogens (tertiary/aromatic N) is 2. The lowest BCUT2D eigenvalue weighted by molar-refractivity contribution is 0.133. The number of thiophene rings is 1. The fraction of sp³-hybridized carbons (Fsp3) is 0.364. The highest BCUT2D eigenvalue weighted by molar-refractivity contribution is 7.85. The molecule has 2 aromatic carbocycles. The Morgan fingerprint density at radius 3 is 2.61 bits per heavy atom. The summed E-state index contributed by atoms with van der Waals surface area (Å²) in [5.74, 6) is 5.81. The van der Waals surface area contributed by atoms with Crippen LogP contribution in [0.4, 0.5) is 5.69 Å². The van der Waals surface area contributed by atoms with E-state index in [1.165, 1.54) is 23.5 Å². The zero-order valence-electron chi connectivity index (χ0n) is 17.5. The monoisotopic (exact) mass is 460 g/mol. The lowest BCUT2D eigenvalue weighted by atomic mass is 10.1. The molecule has 1 aliphatic rings. The summed E-state index contributed by atoms with van der Waals surface area (Å²) in [7, 11) is -4.20. The molecule has 0 atom stereocenters. The molecular formula is C22H28N4O3S2. The van der Waals surface area contributed by atoms with Crippen molar-refractivity contribution in [2.24, 2.45) is 5.84 Å². The molecule has 1 aromatic heterocycles. The number of benzene rings is 2. The van der Waals surface area contributed by atoms with Gasteiger partial charge in [0, 0.05) is 48.0 Å². The molecule has 0 spiro atoms. The van der Waals surface area contributed by atoms with Gasteiger partial charge in [-0.25, -0.2) is 5.01 Å². The van der Waals surface area contributed by atoms with Crippen LogP contribution in [0.15, 0.2) is 47.4 Å². The third-order valence-electron chi connectivity index (χ3n) is 5.68. The molecule has 0 amide bonds. The number of hydrogen-bond acceptors (Lipinski definition) is 7. The summed E-state index contributed by atoms with van der Waals surface area (Å²) in [6.07, 6.45) is 1.06. The molecule has 9 heteroatoms. The van der Waals surface area contributed by atoms with Gasteiger partial charge in [-0.05, 0) is 66.7 Å². The van der Waals surface area contributed by atoms with Gasteiger partial charge in [0.25, 0.3) is 10.1 Å². The van der Waals surface area contributed by atoms with Gasteiger partial charge in [-0.1, -0.05) is 12.1 Å². The first-order valence-corrected chi connectivity index (χ1v) is 12.6. The van der Waals surface area contributed by atoms with Crippen molar-refractivity contribution in [3.05, 3.63) is 48.0 Å². The number of rotatable bonds is 7. The fourth-order valence-electron chi connectivity index (χ4n) is 3.82. The smallest absolute Gasteiger partial charge is 0.294 e. The molecule has 1 aliphatic heterocycles. The Hall–Kier alpha value is -2.01. The van der Waals surface area contributed by atoms with Crippen LogP contribution in [-0.2, 0) is 10.1 Å². The largest absolute Gasteiger partial charge is 0.385 e. The minimum Gasteiger partial charge on any atom is -0.385 e. The number of fused-ring (bicyclic) bond motifs is 1. The molecule has 2 heterocycles. The molecule has 1 saturated heterocycles. The Labute approximate surface area is 187 Å². The van der Waals surface area contributed by atoms with E-state index in [4.69, 9.17) is 5.84 Å². The van der Waals surface area contributed by atoms with Gasteiger partial charge in [0.15, 0.2) is 0 Å². The number of nitrogens with two attached hydrogens (primary N) is 1. The number of piperazine rings is 1. The van der Waals surface area contributed by atoms with E-state index < -0.39 is 10.1 Å². The molecule has 0 unspecified atom stereocenters. The zero-order chi connectivity index (χ0) is 22.0. The van der Waals surface area contributed by atoms with E-state index in [0.29, 0.717) is 0 Å². The minimum absolute atomic E-state index is 0.0755. The first-order chi connectivity index (χ1) is 14.8. The topological polar surface area (TPSA) is 98.9 Å². The summed E-state index contributed by atoms with van der Waals surface area (Å²) in [6.45, 7) is 7.93. The normalized spacial score (nSPS) is 16.1. The van der Waals surface area contributed by atoms with Crippen LogP contribution >= 0.6 is 11.3 Å². The first kappa shape index (κ1) is 22.2. The number of hydrogen-bond donors (Lipinski definition) is 3. The maximum Gasteiger partial charge on any atom is 0.294 e. The molecule has 0 aliphatic carbocycles. The van der Waals surface area contributed by atoms with Crippen molar-refractivity contribution in [3.8, 4) is 10.4 Å². The van der Waals surface area contributed by atoms with Crippen LogP contribution in [0.25, 0.3) is 20.5 Å². The number of aryl methyl sites for hydroxylation is 1. The molecule has 0 radical (unpaired) electrons. The molecule has 1 fully saturated rings. The van der Waals surface area contributed by atoms with Crippen molar-refractivity contribution in [1.29, 1.82) is 0 Å². The van der Waals surface area contributed by atoms with Crippen LogP contribution in [0.1, 0.15) is 12.0 Å². The summed E-state index contributed by atoms with van der Waals surface area (Å²) in [5, 5.41) is 6.36. The van der Waals surface area contributed by atoms with E-state index >= 15 is 0 Å². The highest BCUT2D eigenvalue weighted by Gasteiger charge is 2.14. The van der Waals surface area contributed by atoms with Gasteiger partial charge in [0.1, 0.15) is 0 Å². The Morgan fingerprint density at radius 2 is 1.87 bits per heavy atom. The van der Waals surface area contributed by atoms with E-state index in [1.54, 1.807) is 6.07 Å². The average Bonchev–Trinajstić information content (AvgIpc) is 3.16. The summed E-state index contributed by atoms with van der Waals surface area (Å²) >= 11 is 1.53. The lowest BCUT2D eigenvalue weighted by Crippen LogP contribution is -2.49. The van der Waals surface area contributed by atoms with Gasteiger partial charge >= 0.3 is 0 Å². The highest BCUT2D eigenvalue weighted by Crippen LogP contribution is 2.37. The summed E-state index contributed by atoms with van der Waals surface area (Å²) in [4.78, 5) is 3.45. The fourth-order valence-corrected chi connectivity index (χ4v) is 5.59. The Bertz CT molecular complexity index is 1170. The molecule has 4 N–H and O–H groups in total. The Balaban J connectivity index is 1.44. The van der Waals surface area contributed by atoms with Gasteiger partial charge in [0.2, 0.25) is 0 Å². The molecule has 4 rings (SSSR count). The molecule has 166 valence electrons. The maximum absolute atomic E-state index is 11.4. The second-order valence-electron chi connectivity index (χ2n) is 7.97. The van der Waals surface area contributed by atoms with E-state index in [1.807, 2.05) is 5.01 Å². The minimum atomic E-state index is -4.20. The van der Waals surface area contributed by atoms with Crippen LogP contribution in [0.3, 0.4) is 0 Å². The lowest BCUT2D eigenvalue weighted by Gasteiger charge is -2.31.